The number of methoxy groups -OCH3 is 2. The van der Waals surface area contributed by atoms with Crippen LogP contribution in [0.2, 0.25) is 0 Å². The average molecular weight is 387 g/mol. The Bertz CT molecular complexity index is 803. The fourth-order valence-corrected chi connectivity index (χ4v) is 2.70. The predicted octanol–water partition coefficient (Wildman–Crippen LogP) is 2.98. The maximum atomic E-state index is 12.3. The number of hydrogen-bond donors (Lipinski definition) is 2. The Morgan fingerprint density at radius 3 is 2.29 bits per heavy atom. The highest BCUT2D eigenvalue weighted by Crippen LogP contribution is 2.31. The second kappa shape index (κ2) is 10.2. The number of carboxylic acid groups (broad SMARTS) is 1. The topological polar surface area (TPSA) is 94.1 Å². The fourth-order valence-electron chi connectivity index (χ4n) is 2.70. The van der Waals surface area contributed by atoms with Crippen molar-refractivity contribution in [2.24, 2.45) is 0 Å². The van der Waals surface area contributed by atoms with Gasteiger partial charge in [-0.25, -0.2) is 0 Å². The lowest BCUT2D eigenvalue weighted by molar-refractivity contribution is -0.137. The molecule has 2 rings (SSSR count). The normalized spacial score (nSPS) is 11.4. The molecular weight excluding hydrogens is 362 g/mol. The molecule has 0 saturated carbocycles. The summed E-state index contributed by atoms with van der Waals surface area (Å²) in [6.45, 7) is 1.84. The van der Waals surface area contributed by atoms with E-state index in [2.05, 4.69) is 12.2 Å². The van der Waals surface area contributed by atoms with E-state index in [1.165, 1.54) is 19.8 Å². The van der Waals surface area contributed by atoms with Gasteiger partial charge in [-0.1, -0.05) is 25.1 Å². The smallest absolute Gasteiger partial charge is 0.305 e. The van der Waals surface area contributed by atoms with Gasteiger partial charge in [-0.05, 0) is 41.8 Å². The second-order valence-electron chi connectivity index (χ2n) is 6.12. The van der Waals surface area contributed by atoms with Gasteiger partial charge < -0.3 is 24.6 Å². The minimum Gasteiger partial charge on any atom is -0.493 e. The van der Waals surface area contributed by atoms with Gasteiger partial charge in [-0.2, -0.15) is 0 Å². The van der Waals surface area contributed by atoms with Crippen molar-refractivity contribution in [3.05, 3.63) is 53.6 Å². The number of amides is 1. The van der Waals surface area contributed by atoms with Crippen LogP contribution in [0.15, 0.2) is 42.5 Å². The molecule has 2 aromatic carbocycles. The van der Waals surface area contributed by atoms with Gasteiger partial charge in [0, 0.05) is 0 Å². The number of ether oxygens (including phenoxy) is 3. The Morgan fingerprint density at radius 2 is 1.71 bits per heavy atom. The van der Waals surface area contributed by atoms with Crippen molar-refractivity contribution in [2.45, 2.75) is 25.8 Å². The van der Waals surface area contributed by atoms with Crippen molar-refractivity contribution in [3.63, 3.8) is 0 Å². The molecule has 0 aliphatic carbocycles. The lowest BCUT2D eigenvalue weighted by Gasteiger charge is -2.19. The maximum absolute atomic E-state index is 12.3. The Labute approximate surface area is 164 Å². The maximum Gasteiger partial charge on any atom is 0.305 e. The molecule has 0 fully saturated rings. The summed E-state index contributed by atoms with van der Waals surface area (Å²) in [5.41, 5.74) is 1.77. The number of carbonyl (C=O) groups is 2. The first-order valence-corrected chi connectivity index (χ1v) is 8.91. The van der Waals surface area contributed by atoms with Gasteiger partial charge in [0.25, 0.3) is 5.91 Å². The van der Waals surface area contributed by atoms with Crippen molar-refractivity contribution < 1.29 is 28.9 Å². The van der Waals surface area contributed by atoms with Crippen molar-refractivity contribution in [1.29, 1.82) is 0 Å². The molecule has 7 nitrogen and oxygen atoms in total. The molecule has 1 amide bonds. The standard InChI is InChI=1S/C21H25NO6/c1-4-14-5-8-16(9-6-14)28-13-20(23)22-17(12-21(24)25)15-7-10-18(26-2)19(11-15)27-3/h5-11,17H,4,12-13H2,1-3H3,(H,22,23)(H,24,25). The van der Waals surface area contributed by atoms with E-state index >= 15 is 0 Å². The molecule has 7 heteroatoms. The van der Waals surface area contributed by atoms with Crippen LogP contribution in [0.5, 0.6) is 17.2 Å². The first kappa shape index (κ1) is 21.1. The van der Waals surface area contributed by atoms with E-state index in [4.69, 9.17) is 14.2 Å². The van der Waals surface area contributed by atoms with Crippen molar-refractivity contribution in [2.75, 3.05) is 20.8 Å². The number of benzene rings is 2. The molecule has 28 heavy (non-hydrogen) atoms. The van der Waals surface area contributed by atoms with E-state index in [1.54, 1.807) is 30.3 Å². The number of aryl methyl sites for hydroxylation is 1. The first-order chi connectivity index (χ1) is 13.5. The van der Waals surface area contributed by atoms with Gasteiger partial charge in [0.1, 0.15) is 5.75 Å². The first-order valence-electron chi connectivity index (χ1n) is 8.91. The minimum atomic E-state index is -1.03. The number of hydrogen-bond acceptors (Lipinski definition) is 5. The largest absolute Gasteiger partial charge is 0.493 e. The summed E-state index contributed by atoms with van der Waals surface area (Å²) in [5.74, 6) is 0.104. The van der Waals surface area contributed by atoms with Gasteiger partial charge in [0.15, 0.2) is 18.1 Å². The van der Waals surface area contributed by atoms with Crippen LogP contribution >= 0.6 is 0 Å². The second-order valence-corrected chi connectivity index (χ2v) is 6.12. The SMILES string of the molecule is CCc1ccc(OCC(=O)NC(CC(=O)O)c2ccc(OC)c(OC)c2)cc1. The zero-order chi connectivity index (χ0) is 20.5. The molecule has 0 radical (unpaired) electrons. The average Bonchev–Trinajstić information content (AvgIpc) is 2.71. The summed E-state index contributed by atoms with van der Waals surface area (Å²) < 4.78 is 15.9. The van der Waals surface area contributed by atoms with E-state index in [0.717, 1.165) is 6.42 Å². The summed E-state index contributed by atoms with van der Waals surface area (Å²) >= 11 is 0. The Kier molecular flexibility index (Phi) is 7.68. The molecule has 0 spiro atoms. The molecule has 2 aromatic rings. The molecule has 2 N–H and O–H groups in total. The number of aliphatic carboxylic acids is 1. The molecule has 0 aliphatic heterocycles. The number of carboxylic acids is 1. The number of rotatable bonds is 10. The third-order valence-corrected chi connectivity index (χ3v) is 4.23. The van der Waals surface area contributed by atoms with Crippen LogP contribution in [0.4, 0.5) is 0 Å². The molecule has 0 bridgehead atoms. The van der Waals surface area contributed by atoms with E-state index in [9.17, 15) is 14.7 Å². The lowest BCUT2D eigenvalue weighted by Crippen LogP contribution is -2.33. The van der Waals surface area contributed by atoms with Crippen LogP contribution in [-0.4, -0.2) is 37.8 Å². The number of carbonyl (C=O) groups excluding carboxylic acids is 1. The third-order valence-electron chi connectivity index (χ3n) is 4.23. The van der Waals surface area contributed by atoms with Gasteiger partial charge in [0.2, 0.25) is 0 Å². The van der Waals surface area contributed by atoms with Crippen molar-refractivity contribution in [3.8, 4) is 17.2 Å². The summed E-state index contributed by atoms with van der Waals surface area (Å²) in [7, 11) is 3.00. The van der Waals surface area contributed by atoms with E-state index in [-0.39, 0.29) is 13.0 Å². The molecule has 0 aromatic heterocycles. The van der Waals surface area contributed by atoms with Gasteiger partial charge in [-0.15, -0.1) is 0 Å². The van der Waals surface area contributed by atoms with Gasteiger partial charge in [-0.3, -0.25) is 9.59 Å². The fraction of sp³-hybridized carbons (Fsp3) is 0.333. The Hall–Kier alpha value is -3.22. The Morgan fingerprint density at radius 1 is 1.04 bits per heavy atom. The molecule has 150 valence electrons. The monoisotopic (exact) mass is 387 g/mol. The molecule has 0 heterocycles. The zero-order valence-electron chi connectivity index (χ0n) is 16.2. The Balaban J connectivity index is 2.06. The third kappa shape index (κ3) is 5.90. The zero-order valence-corrected chi connectivity index (χ0v) is 16.2. The van der Waals surface area contributed by atoms with Crippen molar-refractivity contribution in [1.82, 2.24) is 5.32 Å². The lowest BCUT2D eigenvalue weighted by atomic mass is 10.0. The van der Waals surface area contributed by atoms with Crippen LogP contribution in [0, 0.1) is 0 Å². The number of nitrogens with one attached hydrogen (secondary N) is 1. The van der Waals surface area contributed by atoms with Crippen LogP contribution in [0.1, 0.15) is 30.5 Å². The van der Waals surface area contributed by atoms with E-state index in [0.29, 0.717) is 22.8 Å². The van der Waals surface area contributed by atoms with Crippen molar-refractivity contribution >= 4 is 11.9 Å². The quantitative estimate of drug-likeness (QED) is 0.651. The molecule has 0 saturated heterocycles. The minimum absolute atomic E-state index is 0.213. The summed E-state index contributed by atoms with van der Waals surface area (Å²) in [6.07, 6.45) is 0.648. The molecule has 1 atom stereocenters. The van der Waals surface area contributed by atoms with Gasteiger partial charge >= 0.3 is 5.97 Å². The summed E-state index contributed by atoms with van der Waals surface area (Å²) in [4.78, 5) is 23.5. The summed E-state index contributed by atoms with van der Waals surface area (Å²) in [6, 6.07) is 11.8. The van der Waals surface area contributed by atoms with Crippen LogP contribution in [0.25, 0.3) is 0 Å². The highest BCUT2D eigenvalue weighted by atomic mass is 16.5. The van der Waals surface area contributed by atoms with Gasteiger partial charge in [0.05, 0.1) is 26.7 Å². The van der Waals surface area contributed by atoms with Crippen LogP contribution in [0.3, 0.4) is 0 Å². The highest BCUT2D eigenvalue weighted by molar-refractivity contribution is 5.79. The molecule has 1 unspecified atom stereocenters. The molecule has 0 aliphatic rings. The highest BCUT2D eigenvalue weighted by Gasteiger charge is 2.20. The summed E-state index contributed by atoms with van der Waals surface area (Å²) in [5, 5.41) is 11.9. The van der Waals surface area contributed by atoms with Crippen LogP contribution < -0.4 is 19.5 Å². The van der Waals surface area contributed by atoms with Crippen LogP contribution in [-0.2, 0) is 16.0 Å². The van der Waals surface area contributed by atoms with E-state index in [1.807, 2.05) is 12.1 Å². The molecular formula is C21H25NO6. The van der Waals surface area contributed by atoms with E-state index < -0.39 is 17.9 Å². The predicted molar refractivity (Wildman–Crippen MR) is 104 cm³/mol.